The third-order valence-corrected chi connectivity index (χ3v) is 6.76. The number of anilines is 3. The molecule has 1 saturated heterocycles. The number of carbonyl (C=O) groups is 1. The molecule has 1 unspecified atom stereocenters. The molecule has 40 heavy (non-hydrogen) atoms. The maximum absolute atomic E-state index is 13.2. The molecule has 0 bridgehead atoms. The Hall–Kier alpha value is -5.08. The lowest BCUT2D eigenvalue weighted by molar-refractivity contribution is -0.116. The van der Waals surface area contributed by atoms with Crippen molar-refractivity contribution in [1.29, 1.82) is 5.26 Å². The average Bonchev–Trinajstić information content (AvgIpc) is 3.42. The van der Waals surface area contributed by atoms with Gasteiger partial charge in [0, 0.05) is 24.2 Å². The number of aliphatic imine (C=N–C) groups is 1. The largest absolute Gasteiger partial charge is 0.403 e. The molecule has 2 aliphatic heterocycles. The highest BCUT2D eigenvalue weighted by Crippen LogP contribution is 2.32. The molecule has 0 aliphatic carbocycles. The molecule has 0 radical (unpaired) electrons. The van der Waals surface area contributed by atoms with Crippen LogP contribution in [0.1, 0.15) is 29.3 Å². The minimum Gasteiger partial charge on any atom is -0.403 e. The third-order valence-electron chi connectivity index (χ3n) is 6.76. The third kappa shape index (κ3) is 4.88. The van der Waals surface area contributed by atoms with Crippen LogP contribution in [0.25, 0.3) is 11.5 Å². The lowest BCUT2D eigenvalue weighted by atomic mass is 10.0. The normalized spacial score (nSPS) is 16.8. The van der Waals surface area contributed by atoms with Gasteiger partial charge in [0.2, 0.25) is 6.17 Å². The predicted molar refractivity (Wildman–Crippen MR) is 149 cm³/mol. The number of nitriles is 1. The Morgan fingerprint density at radius 1 is 1.07 bits per heavy atom. The lowest BCUT2D eigenvalue weighted by Crippen LogP contribution is -2.37. The summed E-state index contributed by atoms with van der Waals surface area (Å²) in [6.07, 6.45) is -0.428. The number of fused-ring (bicyclic) bond motifs is 1. The number of aryl methyl sites for hydroxylation is 1. The molecule has 0 saturated carbocycles. The molecule has 11 heteroatoms. The van der Waals surface area contributed by atoms with Crippen LogP contribution in [0.5, 0.6) is 0 Å². The van der Waals surface area contributed by atoms with Gasteiger partial charge in [-0.15, -0.1) is 5.10 Å². The molecule has 4 aromatic rings. The SMILES string of the molecule is CCc1nc(N2CCOCC2)c(-c2nnc(NC3N=C(c4ccccc4)c4ccccc4NC3=O)o2)cc1C#N. The number of hydrogen-bond donors (Lipinski definition) is 2. The number of nitrogens with one attached hydrogen (secondary N) is 2. The number of ether oxygens (including phenoxy) is 1. The van der Waals surface area contributed by atoms with Gasteiger partial charge in [0.25, 0.3) is 11.8 Å². The van der Waals surface area contributed by atoms with Gasteiger partial charge in [0.05, 0.1) is 41.4 Å². The van der Waals surface area contributed by atoms with E-state index in [4.69, 9.17) is 19.1 Å². The van der Waals surface area contributed by atoms with Crippen molar-refractivity contribution in [1.82, 2.24) is 15.2 Å². The first-order valence-electron chi connectivity index (χ1n) is 13.0. The van der Waals surface area contributed by atoms with Gasteiger partial charge in [-0.2, -0.15) is 5.26 Å². The van der Waals surface area contributed by atoms with E-state index in [1.54, 1.807) is 6.07 Å². The minimum absolute atomic E-state index is 0.0169. The maximum Gasteiger partial charge on any atom is 0.317 e. The van der Waals surface area contributed by atoms with E-state index in [2.05, 4.69) is 31.8 Å². The molecule has 6 rings (SSSR count). The number of rotatable bonds is 6. The fourth-order valence-electron chi connectivity index (χ4n) is 4.77. The number of morpholine rings is 1. The number of amides is 1. The second kappa shape index (κ2) is 11.0. The van der Waals surface area contributed by atoms with Crippen LogP contribution in [0.3, 0.4) is 0 Å². The molecule has 2 aliphatic rings. The first kappa shape index (κ1) is 25.2. The summed E-state index contributed by atoms with van der Waals surface area (Å²) in [5.41, 5.74) is 4.67. The molecule has 2 aromatic carbocycles. The van der Waals surface area contributed by atoms with E-state index in [0.717, 1.165) is 11.1 Å². The van der Waals surface area contributed by atoms with E-state index in [9.17, 15) is 10.1 Å². The molecule has 1 fully saturated rings. The van der Waals surface area contributed by atoms with Gasteiger partial charge in [-0.25, -0.2) is 9.98 Å². The van der Waals surface area contributed by atoms with Crippen molar-refractivity contribution in [3.05, 3.63) is 83.0 Å². The van der Waals surface area contributed by atoms with E-state index in [0.29, 0.717) is 66.8 Å². The summed E-state index contributed by atoms with van der Waals surface area (Å²) < 4.78 is 11.5. The van der Waals surface area contributed by atoms with Crippen LogP contribution in [0.15, 0.2) is 70.1 Å². The van der Waals surface area contributed by atoms with Crippen molar-refractivity contribution in [3.8, 4) is 17.5 Å². The molecular weight excluding hydrogens is 508 g/mol. The molecular formula is C29H26N8O3. The molecule has 1 amide bonds. The summed E-state index contributed by atoms with van der Waals surface area (Å²) >= 11 is 0. The summed E-state index contributed by atoms with van der Waals surface area (Å²) in [6.45, 7) is 4.39. The smallest absolute Gasteiger partial charge is 0.317 e. The summed E-state index contributed by atoms with van der Waals surface area (Å²) in [5.74, 6) is 0.467. The van der Waals surface area contributed by atoms with Crippen LogP contribution >= 0.6 is 0 Å². The van der Waals surface area contributed by atoms with Gasteiger partial charge in [-0.3, -0.25) is 4.79 Å². The van der Waals surface area contributed by atoms with Gasteiger partial charge in [0.15, 0.2) is 0 Å². The standard InChI is InChI=1S/C29H26N8O3/c1-2-22-19(17-30)16-21(26(31-22)37-12-14-39-15-13-37)28-35-36-29(40-28)34-25-27(38)32-23-11-7-6-10-20(23)24(33-25)18-8-4-3-5-9-18/h3-11,16,25H,2,12-15H2,1H3,(H,32,38)(H,34,36). The monoisotopic (exact) mass is 534 g/mol. The zero-order valence-electron chi connectivity index (χ0n) is 21.8. The van der Waals surface area contributed by atoms with Crippen molar-refractivity contribution in [2.75, 3.05) is 41.8 Å². The molecule has 2 aromatic heterocycles. The summed E-state index contributed by atoms with van der Waals surface area (Å²) in [7, 11) is 0. The quantitative estimate of drug-likeness (QED) is 0.379. The summed E-state index contributed by atoms with van der Waals surface area (Å²) in [4.78, 5) is 24.9. The molecule has 1 atom stereocenters. The van der Waals surface area contributed by atoms with Crippen LogP contribution < -0.4 is 15.5 Å². The number of aromatic nitrogens is 3. The fourth-order valence-corrected chi connectivity index (χ4v) is 4.77. The number of nitrogens with zero attached hydrogens (tertiary/aromatic N) is 6. The Morgan fingerprint density at radius 2 is 1.85 bits per heavy atom. The van der Waals surface area contributed by atoms with Crippen LogP contribution in [0, 0.1) is 11.3 Å². The van der Waals surface area contributed by atoms with E-state index >= 15 is 0 Å². The number of para-hydroxylation sites is 1. The zero-order valence-corrected chi connectivity index (χ0v) is 21.8. The maximum atomic E-state index is 13.2. The van der Waals surface area contributed by atoms with Crippen molar-refractivity contribution in [3.63, 3.8) is 0 Å². The number of pyridine rings is 1. The number of carbonyl (C=O) groups excluding carboxylic acids is 1. The van der Waals surface area contributed by atoms with Crippen molar-refractivity contribution in [2.24, 2.45) is 4.99 Å². The number of benzene rings is 2. The Balaban J connectivity index is 1.36. The van der Waals surface area contributed by atoms with Gasteiger partial charge < -0.3 is 24.7 Å². The molecule has 11 nitrogen and oxygen atoms in total. The van der Waals surface area contributed by atoms with Crippen LogP contribution in [0.2, 0.25) is 0 Å². The fraction of sp³-hybridized carbons (Fsp3) is 0.241. The first-order valence-corrected chi connectivity index (χ1v) is 13.0. The Kier molecular flexibility index (Phi) is 6.91. The zero-order chi connectivity index (χ0) is 27.5. The van der Waals surface area contributed by atoms with Crippen LogP contribution in [-0.4, -0.2) is 59.3 Å². The highest BCUT2D eigenvalue weighted by Gasteiger charge is 2.28. The summed E-state index contributed by atoms with van der Waals surface area (Å²) in [5, 5.41) is 24.0. The van der Waals surface area contributed by atoms with E-state index in [-0.39, 0.29) is 17.8 Å². The van der Waals surface area contributed by atoms with E-state index in [1.165, 1.54) is 0 Å². The highest BCUT2D eigenvalue weighted by atomic mass is 16.5. The minimum atomic E-state index is -1.04. The first-order chi connectivity index (χ1) is 19.6. The van der Waals surface area contributed by atoms with Crippen molar-refractivity contribution < 1.29 is 13.9 Å². The van der Waals surface area contributed by atoms with E-state index in [1.807, 2.05) is 61.5 Å². The van der Waals surface area contributed by atoms with Gasteiger partial charge in [-0.1, -0.05) is 60.6 Å². The molecule has 0 spiro atoms. The highest BCUT2D eigenvalue weighted by molar-refractivity contribution is 6.19. The lowest BCUT2D eigenvalue weighted by Gasteiger charge is -2.29. The molecule has 4 heterocycles. The Labute approximate surface area is 230 Å². The van der Waals surface area contributed by atoms with Crippen LogP contribution in [-0.2, 0) is 16.0 Å². The predicted octanol–water partition coefficient (Wildman–Crippen LogP) is 3.63. The van der Waals surface area contributed by atoms with Crippen molar-refractivity contribution >= 4 is 29.1 Å². The van der Waals surface area contributed by atoms with Gasteiger partial charge in [-0.05, 0) is 18.6 Å². The number of hydrogen-bond acceptors (Lipinski definition) is 10. The summed E-state index contributed by atoms with van der Waals surface area (Å²) in [6, 6.07) is 21.2. The van der Waals surface area contributed by atoms with E-state index < -0.39 is 6.17 Å². The van der Waals surface area contributed by atoms with Gasteiger partial charge in [0.1, 0.15) is 11.9 Å². The second-order valence-corrected chi connectivity index (χ2v) is 9.26. The Bertz CT molecular complexity index is 1620. The molecule has 200 valence electrons. The molecule has 2 N–H and O–H groups in total. The second-order valence-electron chi connectivity index (χ2n) is 9.26. The number of benzodiazepines with no additional fused rings is 1. The Morgan fingerprint density at radius 3 is 2.62 bits per heavy atom. The van der Waals surface area contributed by atoms with Crippen LogP contribution in [0.4, 0.5) is 17.5 Å². The van der Waals surface area contributed by atoms with Gasteiger partial charge >= 0.3 is 6.01 Å². The van der Waals surface area contributed by atoms with Crippen molar-refractivity contribution in [2.45, 2.75) is 19.5 Å². The topological polar surface area (TPSA) is 142 Å². The average molecular weight is 535 g/mol.